The fraction of sp³-hybridized carbons (Fsp3) is 0.263. The number of hydrogen-bond donors (Lipinski definition) is 1. The maximum absolute atomic E-state index is 12.5. The fourth-order valence-electron chi connectivity index (χ4n) is 3.32. The molecule has 3 aromatic rings. The number of carbonyl (C=O) groups is 2. The maximum Gasteiger partial charge on any atom is 0.223 e. The number of nitrogens with zero attached hydrogens (tertiary/aromatic N) is 1. The predicted molar refractivity (Wildman–Crippen MR) is 95.3 cm³/mol. The van der Waals surface area contributed by atoms with Crippen molar-refractivity contribution in [1.82, 2.24) is 9.88 Å². The predicted octanol–water partition coefficient (Wildman–Crippen LogP) is 3.78. The van der Waals surface area contributed by atoms with E-state index in [0.717, 1.165) is 16.8 Å². The number of ketones is 1. The molecular formula is C19H18N2O2S. The molecule has 3 heterocycles. The monoisotopic (exact) mass is 338 g/mol. The quantitative estimate of drug-likeness (QED) is 0.736. The second-order valence-electron chi connectivity index (χ2n) is 6.09. The molecule has 0 fully saturated rings. The van der Waals surface area contributed by atoms with Crippen LogP contribution in [0.2, 0.25) is 0 Å². The van der Waals surface area contributed by atoms with E-state index in [0.29, 0.717) is 13.1 Å². The van der Waals surface area contributed by atoms with Gasteiger partial charge in [-0.05, 0) is 17.5 Å². The third-order valence-electron chi connectivity index (χ3n) is 4.60. The van der Waals surface area contributed by atoms with Crippen molar-refractivity contribution >= 4 is 33.9 Å². The van der Waals surface area contributed by atoms with E-state index in [1.165, 1.54) is 28.0 Å². The van der Waals surface area contributed by atoms with Crippen molar-refractivity contribution < 1.29 is 9.59 Å². The molecule has 0 bridgehead atoms. The second-order valence-corrected chi connectivity index (χ2v) is 7.04. The van der Waals surface area contributed by atoms with E-state index in [1.54, 1.807) is 0 Å². The summed E-state index contributed by atoms with van der Waals surface area (Å²) in [6, 6.07) is 11.9. The molecule has 0 unspecified atom stereocenters. The third-order valence-corrected chi connectivity index (χ3v) is 5.51. The van der Waals surface area contributed by atoms with Crippen LogP contribution >= 0.6 is 11.3 Å². The highest BCUT2D eigenvalue weighted by molar-refractivity contribution is 7.12. The number of Topliss-reactive ketones (excluding diaryl/α,β-unsaturated/α-hetero) is 1. The number of benzene rings is 1. The van der Waals surface area contributed by atoms with E-state index < -0.39 is 0 Å². The first-order valence-electron chi connectivity index (χ1n) is 8.15. The van der Waals surface area contributed by atoms with Crippen molar-refractivity contribution in [2.24, 2.45) is 0 Å². The number of amides is 1. The van der Waals surface area contributed by atoms with Gasteiger partial charge in [0.15, 0.2) is 5.78 Å². The Labute approximate surface area is 144 Å². The zero-order valence-electron chi connectivity index (χ0n) is 13.2. The van der Waals surface area contributed by atoms with Crippen LogP contribution in [0.15, 0.2) is 41.8 Å². The molecule has 1 amide bonds. The number of fused-ring (bicyclic) bond motifs is 3. The molecule has 4 nitrogen and oxygen atoms in total. The van der Waals surface area contributed by atoms with Gasteiger partial charge in [0.1, 0.15) is 0 Å². The minimum Gasteiger partial charge on any atom is -0.358 e. The second kappa shape index (κ2) is 6.24. The Balaban J connectivity index is 1.44. The largest absolute Gasteiger partial charge is 0.358 e. The molecule has 5 heteroatoms. The molecule has 24 heavy (non-hydrogen) atoms. The molecule has 0 aliphatic carbocycles. The number of aromatic nitrogens is 1. The van der Waals surface area contributed by atoms with E-state index >= 15 is 0 Å². The minimum atomic E-state index is 0.0585. The number of hydrogen-bond acceptors (Lipinski definition) is 3. The molecule has 122 valence electrons. The Bertz CT molecular complexity index is 895. The van der Waals surface area contributed by atoms with Gasteiger partial charge in [-0.1, -0.05) is 24.3 Å². The molecule has 1 aliphatic rings. The molecule has 0 atom stereocenters. The van der Waals surface area contributed by atoms with Crippen LogP contribution in [-0.2, 0) is 17.8 Å². The lowest BCUT2D eigenvalue weighted by atomic mass is 10.0. The van der Waals surface area contributed by atoms with Gasteiger partial charge in [0, 0.05) is 54.5 Å². The fourth-order valence-corrected chi connectivity index (χ4v) is 4.01. The average Bonchev–Trinajstić information content (AvgIpc) is 3.26. The van der Waals surface area contributed by atoms with Gasteiger partial charge in [0.2, 0.25) is 5.91 Å². The van der Waals surface area contributed by atoms with Crippen LogP contribution in [0.5, 0.6) is 0 Å². The van der Waals surface area contributed by atoms with Crippen LogP contribution < -0.4 is 0 Å². The smallest absolute Gasteiger partial charge is 0.223 e. The van der Waals surface area contributed by atoms with Gasteiger partial charge in [0.05, 0.1) is 4.88 Å². The van der Waals surface area contributed by atoms with E-state index in [9.17, 15) is 9.59 Å². The summed E-state index contributed by atoms with van der Waals surface area (Å²) in [4.78, 5) is 30.6. The third kappa shape index (κ3) is 2.76. The van der Waals surface area contributed by atoms with Crippen molar-refractivity contribution in [3.8, 4) is 0 Å². The number of para-hydroxylation sites is 1. The van der Waals surface area contributed by atoms with E-state index in [2.05, 4.69) is 17.1 Å². The topological polar surface area (TPSA) is 53.2 Å². The Morgan fingerprint density at radius 3 is 2.83 bits per heavy atom. The molecule has 0 spiro atoms. The normalized spacial score (nSPS) is 13.9. The standard InChI is InChI=1S/C19H18N2O2S/c22-17(18-6-3-11-24-18)7-8-19(23)21-10-9-16-14(12-21)13-4-1-2-5-15(13)20-16/h1-6,11,20H,7-10,12H2. The van der Waals surface area contributed by atoms with Gasteiger partial charge >= 0.3 is 0 Å². The van der Waals surface area contributed by atoms with E-state index in [4.69, 9.17) is 0 Å². The van der Waals surface area contributed by atoms with Gasteiger partial charge in [-0.25, -0.2) is 0 Å². The van der Waals surface area contributed by atoms with Gasteiger partial charge in [-0.2, -0.15) is 0 Å². The summed E-state index contributed by atoms with van der Waals surface area (Å²) in [6.45, 7) is 1.34. The number of rotatable bonds is 4. The van der Waals surface area contributed by atoms with Crippen molar-refractivity contribution in [3.63, 3.8) is 0 Å². The Kier molecular flexibility index (Phi) is 3.94. The summed E-state index contributed by atoms with van der Waals surface area (Å²) < 4.78 is 0. The van der Waals surface area contributed by atoms with Crippen LogP contribution in [-0.4, -0.2) is 28.1 Å². The molecule has 2 aromatic heterocycles. The van der Waals surface area contributed by atoms with E-state index in [1.807, 2.05) is 34.5 Å². The molecule has 4 rings (SSSR count). The summed E-state index contributed by atoms with van der Waals surface area (Å²) in [7, 11) is 0. The Morgan fingerprint density at radius 1 is 1.12 bits per heavy atom. The summed E-state index contributed by atoms with van der Waals surface area (Å²) in [5, 5.41) is 3.08. The summed E-state index contributed by atoms with van der Waals surface area (Å²) in [5.41, 5.74) is 3.58. The highest BCUT2D eigenvalue weighted by atomic mass is 32.1. The first-order valence-corrected chi connectivity index (χ1v) is 9.03. The number of aromatic amines is 1. The number of thiophene rings is 1. The van der Waals surface area contributed by atoms with Crippen molar-refractivity contribution in [2.75, 3.05) is 6.54 Å². The van der Waals surface area contributed by atoms with Gasteiger partial charge < -0.3 is 9.88 Å². The number of nitrogens with one attached hydrogen (secondary N) is 1. The lowest BCUT2D eigenvalue weighted by Crippen LogP contribution is -2.35. The molecule has 0 saturated heterocycles. The first-order chi connectivity index (χ1) is 11.7. The van der Waals surface area contributed by atoms with E-state index in [-0.39, 0.29) is 24.5 Å². The number of carbonyl (C=O) groups excluding carboxylic acids is 2. The molecule has 1 N–H and O–H groups in total. The lowest BCUT2D eigenvalue weighted by Gasteiger charge is -2.27. The minimum absolute atomic E-state index is 0.0585. The average molecular weight is 338 g/mol. The van der Waals surface area contributed by atoms with Gasteiger partial charge in [-0.15, -0.1) is 11.3 Å². The van der Waals surface area contributed by atoms with Crippen LogP contribution in [0.1, 0.15) is 33.8 Å². The molecule has 1 aliphatic heterocycles. The van der Waals surface area contributed by atoms with Crippen LogP contribution in [0.3, 0.4) is 0 Å². The Hall–Kier alpha value is -2.40. The summed E-state index contributed by atoms with van der Waals surface area (Å²) in [6.07, 6.45) is 1.42. The lowest BCUT2D eigenvalue weighted by molar-refractivity contribution is -0.132. The van der Waals surface area contributed by atoms with Crippen molar-refractivity contribution in [2.45, 2.75) is 25.8 Å². The van der Waals surface area contributed by atoms with Crippen molar-refractivity contribution in [1.29, 1.82) is 0 Å². The van der Waals surface area contributed by atoms with Crippen LogP contribution in [0.25, 0.3) is 10.9 Å². The summed E-state index contributed by atoms with van der Waals surface area (Å²) >= 11 is 1.43. The molecule has 0 radical (unpaired) electrons. The molecule has 0 saturated carbocycles. The van der Waals surface area contributed by atoms with Gasteiger partial charge in [-0.3, -0.25) is 9.59 Å². The molecule has 1 aromatic carbocycles. The molecular weight excluding hydrogens is 320 g/mol. The SMILES string of the molecule is O=C(CCC(=O)N1CCc2[nH]c3ccccc3c2C1)c1cccs1. The van der Waals surface area contributed by atoms with Crippen LogP contribution in [0.4, 0.5) is 0 Å². The van der Waals surface area contributed by atoms with Gasteiger partial charge in [0.25, 0.3) is 0 Å². The summed E-state index contributed by atoms with van der Waals surface area (Å²) in [5.74, 6) is 0.124. The highest BCUT2D eigenvalue weighted by Gasteiger charge is 2.24. The Morgan fingerprint density at radius 2 is 2.00 bits per heavy atom. The zero-order chi connectivity index (χ0) is 16.5. The first kappa shape index (κ1) is 15.1. The van der Waals surface area contributed by atoms with Crippen LogP contribution in [0, 0.1) is 0 Å². The zero-order valence-corrected chi connectivity index (χ0v) is 14.1. The highest BCUT2D eigenvalue weighted by Crippen LogP contribution is 2.28. The van der Waals surface area contributed by atoms with Crippen molar-refractivity contribution in [3.05, 3.63) is 57.9 Å². The maximum atomic E-state index is 12.5. The number of H-pyrrole nitrogens is 1.